The first-order valence-electron chi connectivity index (χ1n) is 10.4. The first-order valence-corrected chi connectivity index (χ1v) is 10.9. The third kappa shape index (κ3) is 3.02. The van der Waals surface area contributed by atoms with Gasteiger partial charge in [0.15, 0.2) is 5.70 Å². The molecule has 0 fully saturated rings. The van der Waals surface area contributed by atoms with Crippen molar-refractivity contribution in [1.82, 2.24) is 0 Å². The zero-order valence-electron chi connectivity index (χ0n) is 18.9. The van der Waals surface area contributed by atoms with Crippen molar-refractivity contribution in [2.24, 2.45) is 10.8 Å². The van der Waals surface area contributed by atoms with Gasteiger partial charge in [0.05, 0.1) is 16.7 Å². The number of benzene rings is 1. The number of aliphatic carboxylic acids is 2. The molecule has 1 aromatic carbocycles. The largest absolute Gasteiger partial charge is 0.498 e. The van der Waals surface area contributed by atoms with E-state index in [4.69, 9.17) is 11.6 Å². The van der Waals surface area contributed by atoms with Crippen LogP contribution >= 0.6 is 11.6 Å². The second-order valence-corrected chi connectivity index (χ2v) is 10.4. The first-order chi connectivity index (χ1) is 14.7. The molecule has 0 spiro atoms. The molecule has 3 rings (SSSR count). The second-order valence-electron chi connectivity index (χ2n) is 10.1. The van der Waals surface area contributed by atoms with Crippen LogP contribution < -0.4 is 5.11 Å². The number of halogens is 1. The first kappa shape index (κ1) is 24.0. The molecule has 0 radical (unpaired) electrons. The van der Waals surface area contributed by atoms with Crippen LogP contribution in [0.15, 0.2) is 47.2 Å². The molecule has 172 valence electrons. The number of hydrogen-bond acceptors (Lipinski definition) is 4. The molecule has 32 heavy (non-hydrogen) atoms. The van der Waals surface area contributed by atoms with Crippen LogP contribution in [-0.4, -0.2) is 44.1 Å². The molecule has 1 aliphatic carbocycles. The molecule has 1 amide bonds. The number of quaternary nitrogens is 1. The average Bonchev–Trinajstić information content (AvgIpc) is 2.99. The number of carbonyl (C=O) groups excluding carboxylic acids is 1. The van der Waals surface area contributed by atoms with Crippen molar-refractivity contribution in [2.45, 2.75) is 53.0 Å². The fourth-order valence-electron chi connectivity index (χ4n) is 5.60. The van der Waals surface area contributed by atoms with E-state index in [0.717, 1.165) is 0 Å². The number of carboxylic acids is 2. The number of carboxylic acid groups (broad SMARTS) is 3. The lowest BCUT2D eigenvalue weighted by Gasteiger charge is -2.50. The predicted molar refractivity (Wildman–Crippen MR) is 117 cm³/mol. The molecule has 2 N–H and O–H groups in total. The molecular formula is C24H28ClNO6. The predicted octanol–water partition coefficient (Wildman–Crippen LogP) is 3.84. The summed E-state index contributed by atoms with van der Waals surface area (Å²) in [4.78, 5) is 38.0. The zero-order valence-corrected chi connectivity index (χ0v) is 19.6. The Morgan fingerprint density at radius 2 is 1.66 bits per heavy atom. The average molecular weight is 462 g/mol. The number of carbonyl (C=O) groups is 3. The Morgan fingerprint density at radius 3 is 2.06 bits per heavy atom. The summed E-state index contributed by atoms with van der Waals surface area (Å²) in [6.07, 6.45) is -1.78. The second kappa shape index (κ2) is 7.46. The molecule has 3 atom stereocenters. The van der Waals surface area contributed by atoms with Crippen LogP contribution in [0.25, 0.3) is 5.70 Å². The number of allylic oxidation sites excluding steroid dienone is 2. The summed E-state index contributed by atoms with van der Waals surface area (Å²) in [7, 11) is 0. The maximum Gasteiger partial charge on any atom is 0.314 e. The van der Waals surface area contributed by atoms with Gasteiger partial charge in [-0.1, -0.05) is 18.2 Å². The van der Waals surface area contributed by atoms with Gasteiger partial charge in [-0.15, -0.1) is 11.6 Å². The van der Waals surface area contributed by atoms with Crippen molar-refractivity contribution in [3.63, 3.8) is 0 Å². The summed E-state index contributed by atoms with van der Waals surface area (Å²) in [5, 5.41) is 33.4. The molecule has 7 nitrogen and oxygen atoms in total. The normalized spacial score (nSPS) is 30.3. The summed E-state index contributed by atoms with van der Waals surface area (Å²) in [5.74, 6) is -2.53. The summed E-state index contributed by atoms with van der Waals surface area (Å²) >= 11 is 6.40. The Kier molecular flexibility index (Phi) is 5.59. The zero-order chi connectivity index (χ0) is 24.3. The van der Waals surface area contributed by atoms with Gasteiger partial charge in [0.2, 0.25) is 0 Å². The van der Waals surface area contributed by atoms with E-state index in [1.54, 1.807) is 51.1 Å². The van der Waals surface area contributed by atoms with E-state index >= 15 is 0 Å². The van der Waals surface area contributed by atoms with E-state index < -0.39 is 38.9 Å². The summed E-state index contributed by atoms with van der Waals surface area (Å²) in [5.41, 5.74) is -2.34. The van der Waals surface area contributed by atoms with Crippen LogP contribution in [0.1, 0.15) is 53.0 Å². The minimum Gasteiger partial charge on any atom is -0.498 e. The molecule has 1 aromatic rings. The van der Waals surface area contributed by atoms with Gasteiger partial charge in [-0.3, -0.25) is 9.59 Å². The number of hydrogen-bond donors (Lipinski definition) is 2. The van der Waals surface area contributed by atoms with E-state index in [2.05, 4.69) is 0 Å². The van der Waals surface area contributed by atoms with Gasteiger partial charge in [-0.2, -0.15) is 0 Å². The maximum atomic E-state index is 13.1. The number of nitrogens with zero attached hydrogens (tertiary/aromatic N) is 1. The van der Waals surface area contributed by atoms with Gasteiger partial charge in [0, 0.05) is 23.1 Å². The standard InChI is InChI=1S/C24H28ClNO6/c1-22(2,3)26(21(31)32)16-11-23(4,19(27)28)13-24(5,20(29)30)17(16)15(12-25)18(26)14-9-7-6-8-10-14/h6-10H,11-13H2,1-5H3,(H2-,27,28,29,30,31,32). The molecular weight excluding hydrogens is 434 g/mol. The van der Waals surface area contributed by atoms with Crippen LogP contribution in [-0.2, 0) is 9.59 Å². The summed E-state index contributed by atoms with van der Waals surface area (Å²) in [6.45, 7) is 8.08. The molecule has 1 heterocycles. The van der Waals surface area contributed by atoms with Crippen LogP contribution in [0.5, 0.6) is 0 Å². The highest BCUT2D eigenvalue weighted by Crippen LogP contribution is 2.62. The van der Waals surface area contributed by atoms with Crippen molar-refractivity contribution in [2.75, 3.05) is 5.88 Å². The summed E-state index contributed by atoms with van der Waals surface area (Å²) < 4.78 is -0.805. The Labute approximate surface area is 192 Å². The van der Waals surface area contributed by atoms with Crippen molar-refractivity contribution in [3.05, 3.63) is 52.7 Å². The lowest BCUT2D eigenvalue weighted by atomic mass is 9.61. The third-order valence-corrected chi connectivity index (χ3v) is 7.19. The SMILES string of the molecule is CC1(C(=O)O)CC2=C(C(CCl)=C(c3ccccc3)[N+]2(C(=O)[O-])C(C)(C)C)C(C)(C(=O)O)C1. The van der Waals surface area contributed by atoms with Crippen molar-refractivity contribution >= 4 is 35.3 Å². The molecule has 0 saturated carbocycles. The molecule has 0 bridgehead atoms. The monoisotopic (exact) mass is 461 g/mol. The third-order valence-electron chi connectivity index (χ3n) is 6.92. The Hall–Kier alpha value is -2.64. The van der Waals surface area contributed by atoms with Crippen LogP contribution in [0.4, 0.5) is 4.79 Å². The van der Waals surface area contributed by atoms with Gasteiger partial charge in [0.1, 0.15) is 11.2 Å². The Morgan fingerprint density at radius 1 is 1.09 bits per heavy atom. The van der Waals surface area contributed by atoms with E-state index in [1.807, 2.05) is 0 Å². The number of rotatable bonds is 4. The molecule has 0 saturated heterocycles. The number of amides is 1. The fraction of sp³-hybridized carbons (Fsp3) is 0.458. The lowest BCUT2D eigenvalue weighted by molar-refractivity contribution is -0.821. The van der Waals surface area contributed by atoms with E-state index in [1.165, 1.54) is 13.8 Å². The smallest absolute Gasteiger partial charge is 0.314 e. The van der Waals surface area contributed by atoms with E-state index in [-0.39, 0.29) is 24.4 Å². The molecule has 1 aliphatic heterocycles. The highest BCUT2D eigenvalue weighted by atomic mass is 35.5. The van der Waals surface area contributed by atoms with Crippen LogP contribution in [0.3, 0.4) is 0 Å². The van der Waals surface area contributed by atoms with Gasteiger partial charge in [-0.05, 0) is 53.2 Å². The maximum absolute atomic E-state index is 13.1. The van der Waals surface area contributed by atoms with Crippen LogP contribution in [0, 0.1) is 10.8 Å². The highest BCUT2D eigenvalue weighted by molar-refractivity contribution is 6.20. The van der Waals surface area contributed by atoms with Crippen molar-refractivity contribution in [1.29, 1.82) is 0 Å². The minimum atomic E-state index is -1.65. The van der Waals surface area contributed by atoms with Crippen molar-refractivity contribution in [3.8, 4) is 0 Å². The van der Waals surface area contributed by atoms with Crippen molar-refractivity contribution < 1.29 is 34.2 Å². The molecule has 3 unspecified atom stereocenters. The topological polar surface area (TPSA) is 115 Å². The highest BCUT2D eigenvalue weighted by Gasteiger charge is 2.65. The van der Waals surface area contributed by atoms with Gasteiger partial charge in [0.25, 0.3) is 6.09 Å². The minimum absolute atomic E-state index is 0.126. The molecule has 8 heteroatoms. The molecule has 0 aromatic heterocycles. The van der Waals surface area contributed by atoms with Crippen LogP contribution in [0.2, 0.25) is 0 Å². The van der Waals surface area contributed by atoms with Gasteiger partial charge in [-0.25, -0.2) is 4.48 Å². The Balaban J connectivity index is 2.57. The quantitative estimate of drug-likeness (QED) is 0.520. The molecule has 2 aliphatic rings. The van der Waals surface area contributed by atoms with E-state index in [9.17, 15) is 29.7 Å². The number of alkyl halides is 1. The van der Waals surface area contributed by atoms with Gasteiger partial charge >= 0.3 is 11.9 Å². The summed E-state index contributed by atoms with van der Waals surface area (Å²) in [6, 6.07) is 8.80. The fourth-order valence-corrected chi connectivity index (χ4v) is 5.86. The van der Waals surface area contributed by atoms with Gasteiger partial charge < -0.3 is 20.1 Å². The lowest BCUT2D eigenvalue weighted by Crippen LogP contribution is -2.65. The Bertz CT molecular complexity index is 1070. The van der Waals surface area contributed by atoms with E-state index in [0.29, 0.717) is 22.4 Å².